The summed E-state index contributed by atoms with van der Waals surface area (Å²) in [5, 5.41) is 18.9. The molecule has 0 unspecified atom stereocenters. The number of fused-ring (bicyclic) bond motifs is 2. The Balaban J connectivity index is 0.000000192. The lowest BCUT2D eigenvalue weighted by Crippen LogP contribution is -2.10. The number of aromatic carboxylic acids is 2. The zero-order valence-electron chi connectivity index (χ0n) is 51.0. The summed E-state index contributed by atoms with van der Waals surface area (Å²) in [6.45, 7) is 4.74. The maximum absolute atomic E-state index is 15.5. The van der Waals surface area contributed by atoms with Crippen LogP contribution in [0.3, 0.4) is 0 Å². The van der Waals surface area contributed by atoms with Gasteiger partial charge in [0.2, 0.25) is 11.8 Å². The summed E-state index contributed by atoms with van der Waals surface area (Å²) < 4.78 is 117. The van der Waals surface area contributed by atoms with Crippen molar-refractivity contribution in [3.05, 3.63) is 261 Å². The first kappa shape index (κ1) is 64.4. The van der Waals surface area contributed by atoms with E-state index in [2.05, 4.69) is 29.9 Å². The molecule has 16 nitrogen and oxygen atoms in total. The van der Waals surface area contributed by atoms with Crippen LogP contribution in [0.5, 0.6) is 11.8 Å². The standard InChI is InChI=1S/2C36H29F3N4O4/c2*1-21-26(5-4-12-40-21)22-8-9-24(28(37)15-22)20-47-35-7-3-6-31(42-35)27-19-29(38)25(16-30(27)39)18-34-41-32-11-10-23(36(44)45)17-33(32)43(34)13-14-46-2/h2*3-12,15-17,19H,13-14,18,20H2,1-2H3,(H,44,45). The van der Waals surface area contributed by atoms with Crippen molar-refractivity contribution >= 4 is 34.0 Å². The summed E-state index contributed by atoms with van der Waals surface area (Å²) in [5.74, 6) is -4.74. The largest absolute Gasteiger partial charge is 0.478 e. The van der Waals surface area contributed by atoms with Gasteiger partial charge >= 0.3 is 11.9 Å². The number of aryl methyl sites for hydroxylation is 2. The summed E-state index contributed by atoms with van der Waals surface area (Å²) >= 11 is 0. The monoisotopic (exact) mass is 1280 g/mol. The molecule has 22 heteroatoms. The number of pyridine rings is 4. The van der Waals surface area contributed by atoms with Gasteiger partial charge in [0.15, 0.2) is 0 Å². The van der Waals surface area contributed by atoms with Gasteiger partial charge in [-0.25, -0.2) is 55.9 Å². The van der Waals surface area contributed by atoms with Crippen LogP contribution in [0.2, 0.25) is 0 Å². The van der Waals surface area contributed by atoms with E-state index >= 15 is 17.6 Å². The Bertz CT molecular complexity index is 4530. The summed E-state index contributed by atoms with van der Waals surface area (Å²) in [5.41, 5.74) is 7.80. The van der Waals surface area contributed by atoms with Crippen LogP contribution in [0.4, 0.5) is 26.3 Å². The van der Waals surface area contributed by atoms with Gasteiger partial charge in [0, 0.05) is 109 Å². The number of benzene rings is 6. The van der Waals surface area contributed by atoms with Gasteiger partial charge in [-0.1, -0.05) is 48.5 Å². The van der Waals surface area contributed by atoms with E-state index in [-0.39, 0.29) is 82.6 Å². The highest BCUT2D eigenvalue weighted by Gasteiger charge is 2.22. The van der Waals surface area contributed by atoms with Crippen LogP contribution in [-0.2, 0) is 48.6 Å². The Morgan fingerprint density at radius 2 is 0.851 bits per heavy atom. The zero-order chi connectivity index (χ0) is 66.2. The third-order valence-electron chi connectivity index (χ3n) is 15.6. The van der Waals surface area contributed by atoms with E-state index in [1.807, 2.05) is 26.0 Å². The second-order valence-corrected chi connectivity index (χ2v) is 21.7. The van der Waals surface area contributed by atoms with E-state index in [1.54, 1.807) is 94.3 Å². The van der Waals surface area contributed by atoms with Crippen LogP contribution < -0.4 is 9.47 Å². The third-order valence-corrected chi connectivity index (χ3v) is 15.6. The van der Waals surface area contributed by atoms with Crippen LogP contribution in [0, 0.1) is 48.8 Å². The van der Waals surface area contributed by atoms with E-state index in [9.17, 15) is 28.6 Å². The molecular weight excluding hydrogens is 1220 g/mol. The third kappa shape index (κ3) is 14.5. The molecule has 6 aromatic heterocycles. The molecule has 0 amide bonds. The topological polar surface area (TPSA) is 199 Å². The number of nitrogens with zero attached hydrogens (tertiary/aromatic N) is 8. The Kier molecular flexibility index (Phi) is 19.6. The lowest BCUT2D eigenvalue weighted by atomic mass is 10.0. The normalized spacial score (nSPS) is 11.3. The molecule has 0 aliphatic heterocycles. The lowest BCUT2D eigenvalue weighted by Gasteiger charge is -2.12. The Labute approximate surface area is 534 Å². The SMILES string of the molecule is COCCn1c(Cc2cc(F)c(-c3cccc(OCc4ccc(-c5cccnc5C)cc4F)n3)cc2F)nc2ccc(C(=O)O)cc21.COCCn1c(Cc2cc(F)c(-c3cccc(OCc4ccc(-c5cccnc5C)cc4F)n3)cc2F)nc2ccc(C(=O)O)cc21. The van der Waals surface area contributed by atoms with Gasteiger partial charge < -0.3 is 38.3 Å². The van der Waals surface area contributed by atoms with E-state index in [1.165, 1.54) is 62.8 Å². The first-order valence-corrected chi connectivity index (χ1v) is 29.4. The van der Waals surface area contributed by atoms with Crippen LogP contribution in [-0.4, -0.2) is 88.6 Å². The quantitative estimate of drug-likeness (QED) is 0.0607. The summed E-state index contributed by atoms with van der Waals surface area (Å²) in [4.78, 5) is 49.4. The summed E-state index contributed by atoms with van der Waals surface area (Å²) in [6.07, 6.45) is 3.25. The van der Waals surface area contributed by atoms with Gasteiger partial charge in [-0.05, 0) is 133 Å². The smallest absolute Gasteiger partial charge is 0.335 e. The fourth-order valence-electron chi connectivity index (χ4n) is 10.8. The second-order valence-electron chi connectivity index (χ2n) is 21.7. The van der Waals surface area contributed by atoms with Crippen LogP contribution in [0.1, 0.15) is 66.0 Å². The fraction of sp³-hybridized carbons (Fsp3) is 0.167. The molecule has 94 heavy (non-hydrogen) atoms. The number of rotatable bonds is 22. The van der Waals surface area contributed by atoms with Crippen molar-refractivity contribution in [3.8, 4) is 56.5 Å². The number of halogens is 6. The van der Waals surface area contributed by atoms with Crippen molar-refractivity contribution in [2.24, 2.45) is 0 Å². The van der Waals surface area contributed by atoms with Gasteiger partial charge in [0.1, 0.15) is 59.8 Å². The van der Waals surface area contributed by atoms with E-state index in [4.69, 9.17) is 18.9 Å². The number of hydrogen-bond acceptors (Lipinski definition) is 12. The van der Waals surface area contributed by atoms with Gasteiger partial charge in [-0.2, -0.15) is 0 Å². The molecule has 0 spiro atoms. The highest BCUT2D eigenvalue weighted by atomic mass is 19.1. The number of ether oxygens (including phenoxy) is 4. The first-order valence-electron chi connectivity index (χ1n) is 29.4. The number of carboxylic acids is 2. The first-order chi connectivity index (χ1) is 45.4. The van der Waals surface area contributed by atoms with E-state index in [0.717, 1.165) is 46.8 Å². The Hall–Kier alpha value is -11.1. The number of imidazole rings is 2. The molecule has 0 aliphatic rings. The average molecular weight is 1280 g/mol. The molecule has 2 N–H and O–H groups in total. The maximum atomic E-state index is 15.5. The van der Waals surface area contributed by atoms with Crippen molar-refractivity contribution in [2.75, 3.05) is 27.4 Å². The second kappa shape index (κ2) is 28.6. The van der Waals surface area contributed by atoms with Gasteiger partial charge in [-0.3, -0.25) is 9.97 Å². The molecule has 0 aliphatic carbocycles. The van der Waals surface area contributed by atoms with Crippen molar-refractivity contribution in [2.45, 2.75) is 53.0 Å². The Morgan fingerprint density at radius 3 is 1.23 bits per heavy atom. The molecule has 0 radical (unpaired) electrons. The summed E-state index contributed by atoms with van der Waals surface area (Å²) in [6, 6.07) is 39.7. The molecule has 0 atom stereocenters. The molecule has 476 valence electrons. The lowest BCUT2D eigenvalue weighted by molar-refractivity contribution is 0.0686. The van der Waals surface area contributed by atoms with Crippen molar-refractivity contribution in [3.63, 3.8) is 0 Å². The van der Waals surface area contributed by atoms with Crippen molar-refractivity contribution < 1.29 is 65.1 Å². The Morgan fingerprint density at radius 1 is 0.436 bits per heavy atom. The number of hydrogen-bond donors (Lipinski definition) is 2. The predicted molar refractivity (Wildman–Crippen MR) is 339 cm³/mol. The highest BCUT2D eigenvalue weighted by Crippen LogP contribution is 2.33. The van der Waals surface area contributed by atoms with E-state index < -0.39 is 46.8 Å². The molecule has 0 saturated carbocycles. The number of methoxy groups -OCH3 is 2. The molecule has 6 aromatic carbocycles. The molecule has 6 heterocycles. The molecule has 0 fully saturated rings. The minimum atomic E-state index is -1.09. The van der Waals surface area contributed by atoms with Crippen LogP contribution >= 0.6 is 0 Å². The molecule has 12 rings (SSSR count). The fourth-order valence-corrected chi connectivity index (χ4v) is 10.8. The molecular formula is C72H58F6N8O8. The van der Waals surface area contributed by atoms with Gasteiger partial charge in [0.25, 0.3) is 0 Å². The van der Waals surface area contributed by atoms with Crippen molar-refractivity contribution in [1.29, 1.82) is 0 Å². The minimum Gasteiger partial charge on any atom is -0.478 e. The number of aromatic nitrogens is 8. The van der Waals surface area contributed by atoms with Gasteiger partial charge in [0.05, 0.1) is 57.8 Å². The molecule has 0 bridgehead atoms. The predicted octanol–water partition coefficient (Wildman–Crippen LogP) is 14.8. The van der Waals surface area contributed by atoms with Gasteiger partial charge in [-0.15, -0.1) is 0 Å². The average Bonchev–Trinajstić information content (AvgIpc) is 1.60. The van der Waals surface area contributed by atoms with Crippen LogP contribution in [0.15, 0.2) is 170 Å². The van der Waals surface area contributed by atoms with Crippen LogP contribution in [0.25, 0.3) is 66.8 Å². The molecule has 12 aromatic rings. The number of carbonyl (C=O) groups is 2. The van der Waals surface area contributed by atoms with E-state index in [0.29, 0.717) is 82.3 Å². The zero-order valence-corrected chi connectivity index (χ0v) is 51.0. The number of carboxylic acid groups (broad SMARTS) is 2. The van der Waals surface area contributed by atoms with Crippen molar-refractivity contribution in [1.82, 2.24) is 39.0 Å². The molecule has 0 saturated heterocycles. The maximum Gasteiger partial charge on any atom is 0.335 e. The summed E-state index contributed by atoms with van der Waals surface area (Å²) in [7, 11) is 3.06. The highest BCUT2D eigenvalue weighted by molar-refractivity contribution is 5.93. The minimum absolute atomic E-state index is 0.0505.